The van der Waals surface area contributed by atoms with Crippen LogP contribution in [0.2, 0.25) is 0 Å². The Morgan fingerprint density at radius 2 is 2.23 bits per heavy atom. The second kappa shape index (κ2) is 6.25. The highest BCUT2D eigenvalue weighted by Gasteiger charge is 2.37. The fourth-order valence-electron chi connectivity index (χ4n) is 2.33. The zero-order valence-corrected chi connectivity index (χ0v) is 14.5. The molecule has 1 aromatic rings. The van der Waals surface area contributed by atoms with Gasteiger partial charge in [-0.25, -0.2) is 22.0 Å². The minimum atomic E-state index is -3.93. The Hall–Kier alpha value is -1.00. The van der Waals surface area contributed by atoms with Crippen molar-refractivity contribution in [2.45, 2.75) is 34.2 Å². The number of thiophene rings is 1. The van der Waals surface area contributed by atoms with E-state index in [-0.39, 0.29) is 25.8 Å². The van der Waals surface area contributed by atoms with Crippen LogP contribution in [0.1, 0.15) is 31.4 Å². The molecule has 6 nitrogen and oxygen atoms in total. The number of hydrogen-bond acceptors (Lipinski definition) is 6. The normalized spacial score (nSPS) is 22.5. The summed E-state index contributed by atoms with van der Waals surface area (Å²) < 4.78 is 48.3. The molecule has 1 aliphatic rings. The van der Waals surface area contributed by atoms with Crippen LogP contribution in [-0.4, -0.2) is 23.4 Å². The highest BCUT2D eigenvalue weighted by atomic mass is 32.3. The first-order chi connectivity index (χ1) is 10.2. The number of primary sulfonamides is 1. The summed E-state index contributed by atoms with van der Waals surface area (Å²) >= 11 is 0.708. The van der Waals surface area contributed by atoms with Gasteiger partial charge in [0.25, 0.3) is 0 Å². The van der Waals surface area contributed by atoms with E-state index in [1.54, 1.807) is 12.2 Å². The number of sulfonamides is 1. The molecular weight excluding hydrogens is 344 g/mol. The summed E-state index contributed by atoms with van der Waals surface area (Å²) in [5.74, 6) is 0. The monoisotopic (exact) mass is 362 g/mol. The SMILES string of the molecule is C=CC/C=C1\CC(NCC)c2cc(S(N)(=O)=O)sc2S1(=O)=O. The molecule has 1 unspecified atom stereocenters. The van der Waals surface area contributed by atoms with Gasteiger partial charge in [0, 0.05) is 22.9 Å². The number of hydrogen-bond donors (Lipinski definition) is 2. The van der Waals surface area contributed by atoms with E-state index in [1.807, 2.05) is 6.92 Å². The van der Waals surface area contributed by atoms with Crippen LogP contribution in [0.4, 0.5) is 0 Å². The van der Waals surface area contributed by atoms with Gasteiger partial charge < -0.3 is 5.32 Å². The van der Waals surface area contributed by atoms with Crippen molar-refractivity contribution < 1.29 is 16.8 Å². The number of rotatable bonds is 5. The molecule has 122 valence electrons. The van der Waals surface area contributed by atoms with Gasteiger partial charge in [0.1, 0.15) is 8.42 Å². The molecule has 1 aromatic heterocycles. The van der Waals surface area contributed by atoms with Gasteiger partial charge in [-0.15, -0.1) is 17.9 Å². The van der Waals surface area contributed by atoms with Gasteiger partial charge in [0.05, 0.1) is 0 Å². The van der Waals surface area contributed by atoms with Crippen LogP contribution in [0.15, 0.2) is 38.1 Å². The van der Waals surface area contributed by atoms with Crippen molar-refractivity contribution in [2.24, 2.45) is 5.14 Å². The van der Waals surface area contributed by atoms with Gasteiger partial charge in [-0.05, 0) is 19.0 Å². The molecule has 0 spiro atoms. The minimum absolute atomic E-state index is 0.0593. The first-order valence-corrected chi connectivity index (χ1v) is 10.5. The molecule has 2 rings (SSSR count). The summed E-state index contributed by atoms with van der Waals surface area (Å²) in [6, 6.07) is 1.12. The van der Waals surface area contributed by atoms with E-state index < -0.39 is 19.9 Å². The van der Waals surface area contributed by atoms with Gasteiger partial charge in [-0.3, -0.25) is 0 Å². The molecule has 2 heterocycles. The Balaban J connectivity index is 2.65. The molecule has 0 amide bonds. The standard InChI is InChI=1S/C13H18N2O4S3/c1-3-5-6-9-7-11(15-4-2)10-8-12(22(14,18)19)20-13(10)21(9,16)17/h3,6,8,11,15H,1,4-5,7H2,2H3,(H2,14,18,19)/b9-6+. The quantitative estimate of drug-likeness (QED) is 0.775. The fraction of sp³-hybridized carbons (Fsp3) is 0.385. The molecule has 3 N–H and O–H groups in total. The van der Waals surface area contributed by atoms with Crippen LogP contribution in [0.5, 0.6) is 0 Å². The molecule has 0 saturated carbocycles. The highest BCUT2D eigenvalue weighted by Crippen LogP contribution is 2.44. The van der Waals surface area contributed by atoms with Crippen LogP contribution in [0, 0.1) is 0 Å². The molecule has 1 atom stereocenters. The molecule has 0 saturated heterocycles. The molecule has 0 fully saturated rings. The van der Waals surface area contributed by atoms with Crippen LogP contribution < -0.4 is 10.5 Å². The third kappa shape index (κ3) is 3.18. The number of sulfone groups is 1. The minimum Gasteiger partial charge on any atom is -0.310 e. The zero-order valence-electron chi connectivity index (χ0n) is 12.1. The van der Waals surface area contributed by atoms with Gasteiger partial charge in [-0.1, -0.05) is 19.1 Å². The van der Waals surface area contributed by atoms with Crippen molar-refractivity contribution in [3.05, 3.63) is 35.3 Å². The maximum atomic E-state index is 12.6. The van der Waals surface area contributed by atoms with E-state index in [4.69, 9.17) is 5.14 Å². The second-order valence-electron chi connectivity index (χ2n) is 4.87. The van der Waals surface area contributed by atoms with Gasteiger partial charge in [-0.2, -0.15) is 0 Å². The molecule has 1 aliphatic heterocycles. The maximum Gasteiger partial charge on any atom is 0.247 e. The van der Waals surface area contributed by atoms with Crippen molar-refractivity contribution in [3.8, 4) is 0 Å². The largest absolute Gasteiger partial charge is 0.310 e. The number of allylic oxidation sites excluding steroid dienone is 2. The first kappa shape index (κ1) is 17.4. The lowest BCUT2D eigenvalue weighted by atomic mass is 10.1. The Kier molecular flexibility index (Phi) is 4.93. The van der Waals surface area contributed by atoms with E-state index in [1.165, 1.54) is 6.07 Å². The molecule has 0 aliphatic carbocycles. The molecule has 0 radical (unpaired) electrons. The molecule has 9 heteroatoms. The van der Waals surface area contributed by atoms with Crippen molar-refractivity contribution in [1.82, 2.24) is 5.32 Å². The summed E-state index contributed by atoms with van der Waals surface area (Å²) in [6.45, 7) is 6.12. The summed E-state index contributed by atoms with van der Waals surface area (Å²) in [7, 11) is -7.60. The van der Waals surface area contributed by atoms with Gasteiger partial charge in [0.2, 0.25) is 19.9 Å². The lowest BCUT2D eigenvalue weighted by Crippen LogP contribution is -2.27. The van der Waals surface area contributed by atoms with Gasteiger partial charge >= 0.3 is 0 Å². The van der Waals surface area contributed by atoms with E-state index in [9.17, 15) is 16.8 Å². The fourth-order valence-corrected chi connectivity index (χ4v) is 6.67. The lowest BCUT2D eigenvalue weighted by molar-refractivity contribution is 0.527. The Labute approximate surface area is 134 Å². The van der Waals surface area contributed by atoms with Crippen LogP contribution in [-0.2, 0) is 19.9 Å². The summed E-state index contributed by atoms with van der Waals surface area (Å²) in [6.07, 6.45) is 3.96. The lowest BCUT2D eigenvalue weighted by Gasteiger charge is -2.25. The van der Waals surface area contributed by atoms with E-state index in [0.29, 0.717) is 29.9 Å². The second-order valence-corrected chi connectivity index (χ2v) is 9.90. The first-order valence-electron chi connectivity index (χ1n) is 6.66. The smallest absolute Gasteiger partial charge is 0.247 e. The molecular formula is C13H18N2O4S3. The third-order valence-corrected chi connectivity index (χ3v) is 8.34. The average molecular weight is 362 g/mol. The zero-order chi connectivity index (χ0) is 16.5. The molecule has 0 aromatic carbocycles. The van der Waals surface area contributed by atoms with Crippen molar-refractivity contribution in [1.29, 1.82) is 0 Å². The number of nitrogens with two attached hydrogens (primary N) is 1. The van der Waals surface area contributed by atoms with Crippen molar-refractivity contribution >= 4 is 31.2 Å². The topological polar surface area (TPSA) is 106 Å². The number of fused-ring (bicyclic) bond motifs is 1. The van der Waals surface area contributed by atoms with Crippen LogP contribution in [0.25, 0.3) is 0 Å². The van der Waals surface area contributed by atoms with E-state index in [2.05, 4.69) is 11.9 Å². The Morgan fingerprint density at radius 1 is 1.55 bits per heavy atom. The van der Waals surface area contributed by atoms with E-state index >= 15 is 0 Å². The van der Waals surface area contributed by atoms with Gasteiger partial charge in [0.15, 0.2) is 0 Å². The summed E-state index contributed by atoms with van der Waals surface area (Å²) in [5.41, 5.74) is 0.478. The summed E-state index contributed by atoms with van der Waals surface area (Å²) in [5, 5.41) is 8.32. The van der Waals surface area contributed by atoms with Crippen molar-refractivity contribution in [2.75, 3.05) is 6.54 Å². The predicted molar refractivity (Wildman–Crippen MR) is 86.8 cm³/mol. The van der Waals surface area contributed by atoms with Crippen molar-refractivity contribution in [3.63, 3.8) is 0 Å². The molecule has 22 heavy (non-hydrogen) atoms. The predicted octanol–water partition coefficient (Wildman–Crippen LogP) is 1.68. The molecule has 0 bridgehead atoms. The van der Waals surface area contributed by atoms with Crippen LogP contribution in [0.3, 0.4) is 0 Å². The summed E-state index contributed by atoms with van der Waals surface area (Å²) in [4.78, 5) is 0.286. The average Bonchev–Trinajstić information content (AvgIpc) is 2.87. The number of nitrogens with one attached hydrogen (secondary N) is 1. The Morgan fingerprint density at radius 3 is 2.77 bits per heavy atom. The maximum absolute atomic E-state index is 12.6. The Bertz CT molecular complexity index is 819. The highest BCUT2D eigenvalue weighted by molar-refractivity contribution is 7.98. The third-order valence-electron chi connectivity index (χ3n) is 3.32. The van der Waals surface area contributed by atoms with E-state index in [0.717, 1.165) is 0 Å². The van der Waals surface area contributed by atoms with Crippen LogP contribution >= 0.6 is 11.3 Å².